The Labute approximate surface area is 206 Å². The molecule has 8 heteroatoms. The van der Waals surface area contributed by atoms with E-state index >= 15 is 0 Å². The maximum absolute atomic E-state index is 12.9. The molecule has 4 rings (SSSR count). The molecule has 0 spiro atoms. The van der Waals surface area contributed by atoms with Gasteiger partial charge in [0, 0.05) is 24.7 Å². The van der Waals surface area contributed by atoms with E-state index in [-0.39, 0.29) is 23.1 Å². The second-order valence-corrected chi connectivity index (χ2v) is 11.6. The summed E-state index contributed by atoms with van der Waals surface area (Å²) in [6, 6.07) is 8.99. The lowest BCUT2D eigenvalue weighted by atomic mass is 9.86. The lowest BCUT2D eigenvalue weighted by Gasteiger charge is -2.31. The van der Waals surface area contributed by atoms with Crippen LogP contribution in [0.15, 0.2) is 29.4 Å². The standard InChI is InChI=1S/C26H37N5O2S/c1-26(2,3)20-13-11-18(12-14-20)24-28-29-25(31(24)21-9-5-4-6-10-21)34-17-22(32)30-15-7-8-19(16-30)23(27)33/h11-14,19,21H,4-10,15-17H2,1-3H3,(H2,27,33). The van der Waals surface area contributed by atoms with Crippen LogP contribution in [0.3, 0.4) is 0 Å². The first-order valence-electron chi connectivity index (χ1n) is 12.5. The highest BCUT2D eigenvalue weighted by Crippen LogP contribution is 2.36. The maximum Gasteiger partial charge on any atom is 0.233 e. The van der Waals surface area contributed by atoms with Gasteiger partial charge < -0.3 is 10.6 Å². The zero-order valence-corrected chi connectivity index (χ0v) is 21.4. The van der Waals surface area contributed by atoms with Gasteiger partial charge in [-0.15, -0.1) is 10.2 Å². The molecular weight excluding hydrogens is 446 g/mol. The van der Waals surface area contributed by atoms with E-state index in [4.69, 9.17) is 5.73 Å². The van der Waals surface area contributed by atoms with E-state index in [0.717, 1.165) is 42.2 Å². The van der Waals surface area contributed by atoms with Crippen LogP contribution < -0.4 is 5.73 Å². The highest BCUT2D eigenvalue weighted by Gasteiger charge is 2.28. The Morgan fingerprint density at radius 2 is 1.74 bits per heavy atom. The minimum Gasteiger partial charge on any atom is -0.369 e. The molecule has 2 amide bonds. The third kappa shape index (κ3) is 5.65. The summed E-state index contributed by atoms with van der Waals surface area (Å²) >= 11 is 1.46. The average molecular weight is 484 g/mol. The number of carbonyl (C=O) groups excluding carboxylic acids is 2. The van der Waals surface area contributed by atoms with Gasteiger partial charge in [-0.2, -0.15) is 0 Å². The predicted octanol–water partition coefficient (Wildman–Crippen LogP) is 4.56. The van der Waals surface area contributed by atoms with E-state index in [2.05, 4.69) is 59.8 Å². The van der Waals surface area contributed by atoms with Crippen molar-refractivity contribution in [3.8, 4) is 11.4 Å². The molecular formula is C26H37N5O2S. The average Bonchev–Trinajstić information content (AvgIpc) is 3.26. The van der Waals surface area contributed by atoms with Crippen molar-refractivity contribution >= 4 is 23.6 Å². The molecule has 0 radical (unpaired) electrons. The van der Waals surface area contributed by atoms with Crippen LogP contribution in [-0.4, -0.2) is 50.3 Å². The Bertz CT molecular complexity index is 1010. The SMILES string of the molecule is CC(C)(C)c1ccc(-c2nnc(SCC(=O)N3CCCC(C(N)=O)C3)n2C2CCCCC2)cc1. The normalized spacial score (nSPS) is 19.9. The summed E-state index contributed by atoms with van der Waals surface area (Å²) in [5, 5.41) is 9.92. The quantitative estimate of drug-likeness (QED) is 0.608. The molecule has 184 valence electrons. The minimum atomic E-state index is -0.315. The van der Waals surface area contributed by atoms with Gasteiger partial charge in [0.25, 0.3) is 0 Å². The van der Waals surface area contributed by atoms with Gasteiger partial charge in [0.05, 0.1) is 11.7 Å². The Balaban J connectivity index is 1.54. The largest absolute Gasteiger partial charge is 0.369 e. The van der Waals surface area contributed by atoms with Crippen molar-refractivity contribution < 1.29 is 9.59 Å². The highest BCUT2D eigenvalue weighted by molar-refractivity contribution is 7.99. The fraction of sp³-hybridized carbons (Fsp3) is 0.615. The number of primary amides is 1. The molecule has 7 nitrogen and oxygen atoms in total. The maximum atomic E-state index is 12.9. The Hall–Kier alpha value is -2.35. The molecule has 1 aliphatic carbocycles. The van der Waals surface area contributed by atoms with Crippen molar-refractivity contribution in [3.63, 3.8) is 0 Å². The van der Waals surface area contributed by atoms with Crippen LogP contribution in [0.25, 0.3) is 11.4 Å². The van der Waals surface area contributed by atoms with E-state index in [1.807, 2.05) is 0 Å². The molecule has 2 aromatic rings. The van der Waals surface area contributed by atoms with Gasteiger partial charge in [-0.1, -0.05) is 76.1 Å². The molecule has 1 aromatic heterocycles. The number of likely N-dealkylation sites (tertiary alicyclic amines) is 1. The molecule has 1 aromatic carbocycles. The topological polar surface area (TPSA) is 94.1 Å². The van der Waals surface area contributed by atoms with E-state index < -0.39 is 0 Å². The van der Waals surface area contributed by atoms with Crippen LogP contribution in [-0.2, 0) is 15.0 Å². The van der Waals surface area contributed by atoms with Crippen LogP contribution in [0.4, 0.5) is 0 Å². The van der Waals surface area contributed by atoms with Crippen molar-refractivity contribution in [1.29, 1.82) is 0 Å². The number of aromatic nitrogens is 3. The third-order valence-electron chi connectivity index (χ3n) is 7.11. The van der Waals surface area contributed by atoms with Gasteiger partial charge >= 0.3 is 0 Å². The summed E-state index contributed by atoms with van der Waals surface area (Å²) in [5.41, 5.74) is 7.93. The number of nitrogens with two attached hydrogens (primary N) is 1. The lowest BCUT2D eigenvalue weighted by Crippen LogP contribution is -2.44. The van der Waals surface area contributed by atoms with Crippen molar-refractivity contribution in [2.45, 2.75) is 82.3 Å². The number of hydrogen-bond acceptors (Lipinski definition) is 5. The smallest absolute Gasteiger partial charge is 0.233 e. The van der Waals surface area contributed by atoms with Crippen molar-refractivity contribution in [2.75, 3.05) is 18.8 Å². The molecule has 0 bridgehead atoms. The Morgan fingerprint density at radius 1 is 1.03 bits per heavy atom. The number of hydrogen-bond donors (Lipinski definition) is 1. The van der Waals surface area contributed by atoms with Crippen LogP contribution in [0.5, 0.6) is 0 Å². The second kappa shape index (κ2) is 10.5. The minimum absolute atomic E-state index is 0.0326. The van der Waals surface area contributed by atoms with Crippen LogP contribution >= 0.6 is 11.8 Å². The zero-order chi connectivity index (χ0) is 24.3. The zero-order valence-electron chi connectivity index (χ0n) is 20.6. The number of thioether (sulfide) groups is 1. The van der Waals surface area contributed by atoms with Gasteiger partial charge in [-0.05, 0) is 36.7 Å². The number of piperidine rings is 1. The van der Waals surface area contributed by atoms with Crippen LogP contribution in [0.1, 0.15) is 77.3 Å². The van der Waals surface area contributed by atoms with E-state index in [9.17, 15) is 9.59 Å². The molecule has 2 N–H and O–H groups in total. The summed E-state index contributed by atoms with van der Waals surface area (Å²) in [5.74, 6) is 0.652. The number of amides is 2. The van der Waals surface area contributed by atoms with Crippen molar-refractivity contribution in [3.05, 3.63) is 29.8 Å². The summed E-state index contributed by atoms with van der Waals surface area (Å²) in [6.07, 6.45) is 7.48. The van der Waals surface area contributed by atoms with E-state index in [1.165, 1.54) is 36.6 Å². The van der Waals surface area contributed by atoms with Gasteiger partial charge in [0.1, 0.15) is 0 Å². The van der Waals surface area contributed by atoms with Crippen LogP contribution in [0.2, 0.25) is 0 Å². The van der Waals surface area contributed by atoms with Crippen molar-refractivity contribution in [2.24, 2.45) is 11.7 Å². The molecule has 1 atom stereocenters. The number of nitrogens with zero attached hydrogens (tertiary/aromatic N) is 4. The fourth-order valence-electron chi connectivity index (χ4n) is 5.01. The summed E-state index contributed by atoms with van der Waals surface area (Å²) in [6.45, 7) is 7.75. The molecule has 34 heavy (non-hydrogen) atoms. The fourth-order valence-corrected chi connectivity index (χ4v) is 5.92. The molecule has 2 fully saturated rings. The first-order valence-corrected chi connectivity index (χ1v) is 13.5. The number of benzene rings is 1. The number of carbonyl (C=O) groups is 2. The van der Waals surface area contributed by atoms with Gasteiger partial charge in [0.2, 0.25) is 11.8 Å². The molecule has 1 saturated carbocycles. The van der Waals surface area contributed by atoms with Gasteiger partial charge in [-0.25, -0.2) is 0 Å². The second-order valence-electron chi connectivity index (χ2n) is 10.7. The van der Waals surface area contributed by atoms with Gasteiger partial charge in [0.15, 0.2) is 11.0 Å². The third-order valence-corrected chi connectivity index (χ3v) is 8.04. The summed E-state index contributed by atoms with van der Waals surface area (Å²) < 4.78 is 2.27. The first-order chi connectivity index (χ1) is 16.2. The van der Waals surface area contributed by atoms with Crippen molar-refractivity contribution in [1.82, 2.24) is 19.7 Å². The molecule has 1 unspecified atom stereocenters. The molecule has 1 saturated heterocycles. The Kier molecular flexibility index (Phi) is 7.65. The monoisotopic (exact) mass is 483 g/mol. The predicted molar refractivity (Wildman–Crippen MR) is 136 cm³/mol. The Morgan fingerprint density at radius 3 is 2.38 bits per heavy atom. The summed E-state index contributed by atoms with van der Waals surface area (Å²) in [7, 11) is 0. The van der Waals surface area contributed by atoms with E-state index in [1.54, 1.807) is 4.90 Å². The molecule has 2 aliphatic rings. The van der Waals surface area contributed by atoms with Gasteiger partial charge in [-0.3, -0.25) is 14.2 Å². The number of rotatable bonds is 6. The molecule has 2 heterocycles. The van der Waals surface area contributed by atoms with E-state index in [0.29, 0.717) is 24.9 Å². The first kappa shape index (κ1) is 24.8. The lowest BCUT2D eigenvalue weighted by molar-refractivity contribution is -0.132. The highest BCUT2D eigenvalue weighted by atomic mass is 32.2. The molecule has 1 aliphatic heterocycles. The van der Waals surface area contributed by atoms with Crippen LogP contribution in [0, 0.1) is 5.92 Å². The summed E-state index contributed by atoms with van der Waals surface area (Å²) in [4.78, 5) is 26.3.